The predicted molar refractivity (Wildman–Crippen MR) is 61.7 cm³/mol. The van der Waals surface area contributed by atoms with Gasteiger partial charge in [0.1, 0.15) is 0 Å². The summed E-state index contributed by atoms with van der Waals surface area (Å²) in [5.74, 6) is 0. The first-order valence-electron chi connectivity index (χ1n) is 6.31. The first-order valence-corrected chi connectivity index (χ1v) is 6.31. The molecule has 88 valence electrons. The van der Waals surface area contributed by atoms with Gasteiger partial charge < -0.3 is 10.8 Å². The second-order valence-electron chi connectivity index (χ2n) is 5.54. The van der Waals surface area contributed by atoms with E-state index in [4.69, 9.17) is 5.73 Å². The van der Waals surface area contributed by atoms with Crippen molar-refractivity contribution < 1.29 is 5.11 Å². The van der Waals surface area contributed by atoms with Crippen LogP contribution in [0.1, 0.15) is 45.4 Å². The molecule has 1 aliphatic heterocycles. The third-order valence-corrected chi connectivity index (χ3v) is 4.09. The quantitative estimate of drug-likeness (QED) is 0.721. The summed E-state index contributed by atoms with van der Waals surface area (Å²) in [6.07, 6.45) is 6.53. The van der Waals surface area contributed by atoms with E-state index in [2.05, 4.69) is 11.8 Å². The van der Waals surface area contributed by atoms with Crippen LogP contribution in [-0.4, -0.2) is 40.8 Å². The molecule has 1 aliphatic carbocycles. The SMILES string of the molecule is CC1CC(N)CCN1CC1(O)CCCC1. The lowest BCUT2D eigenvalue weighted by atomic mass is 9.95. The Balaban J connectivity index is 1.88. The molecule has 0 aromatic carbocycles. The molecule has 0 spiro atoms. The Morgan fingerprint density at radius 2 is 2.07 bits per heavy atom. The molecule has 0 bridgehead atoms. The fraction of sp³-hybridized carbons (Fsp3) is 1.00. The molecule has 2 atom stereocenters. The molecule has 1 saturated heterocycles. The average molecular weight is 212 g/mol. The monoisotopic (exact) mass is 212 g/mol. The van der Waals surface area contributed by atoms with Crippen molar-refractivity contribution >= 4 is 0 Å². The van der Waals surface area contributed by atoms with Gasteiger partial charge in [0.25, 0.3) is 0 Å². The van der Waals surface area contributed by atoms with Gasteiger partial charge in [-0.3, -0.25) is 4.90 Å². The first kappa shape index (κ1) is 11.4. The summed E-state index contributed by atoms with van der Waals surface area (Å²) in [5, 5.41) is 10.4. The molecule has 2 rings (SSSR count). The molecule has 3 heteroatoms. The van der Waals surface area contributed by atoms with Crippen LogP contribution in [-0.2, 0) is 0 Å². The van der Waals surface area contributed by atoms with Gasteiger partial charge in [-0.1, -0.05) is 12.8 Å². The van der Waals surface area contributed by atoms with Crippen LogP contribution in [0.25, 0.3) is 0 Å². The van der Waals surface area contributed by atoms with Gasteiger partial charge in [-0.05, 0) is 32.6 Å². The Hall–Kier alpha value is -0.120. The number of rotatable bonds is 2. The lowest BCUT2D eigenvalue weighted by Crippen LogP contribution is -2.51. The van der Waals surface area contributed by atoms with E-state index in [-0.39, 0.29) is 0 Å². The summed E-state index contributed by atoms with van der Waals surface area (Å²) in [5.41, 5.74) is 5.55. The molecule has 1 heterocycles. The lowest BCUT2D eigenvalue weighted by Gasteiger charge is -2.40. The first-order chi connectivity index (χ1) is 7.09. The van der Waals surface area contributed by atoms with Crippen LogP contribution in [0.3, 0.4) is 0 Å². The van der Waals surface area contributed by atoms with E-state index in [1.807, 2.05) is 0 Å². The third-order valence-electron chi connectivity index (χ3n) is 4.09. The number of likely N-dealkylation sites (tertiary alicyclic amines) is 1. The molecule has 0 radical (unpaired) electrons. The zero-order chi connectivity index (χ0) is 10.9. The molecule has 2 aliphatic rings. The zero-order valence-corrected chi connectivity index (χ0v) is 9.78. The summed E-state index contributed by atoms with van der Waals surface area (Å²) in [6, 6.07) is 0.910. The maximum atomic E-state index is 10.4. The van der Waals surface area contributed by atoms with Crippen molar-refractivity contribution in [2.45, 2.75) is 63.1 Å². The van der Waals surface area contributed by atoms with Crippen LogP contribution in [0.4, 0.5) is 0 Å². The highest BCUT2D eigenvalue weighted by atomic mass is 16.3. The Morgan fingerprint density at radius 3 is 2.67 bits per heavy atom. The van der Waals surface area contributed by atoms with E-state index < -0.39 is 5.60 Å². The van der Waals surface area contributed by atoms with Gasteiger partial charge in [0, 0.05) is 25.2 Å². The molecule has 2 unspecified atom stereocenters. The Morgan fingerprint density at radius 1 is 1.40 bits per heavy atom. The van der Waals surface area contributed by atoms with Crippen LogP contribution in [0.2, 0.25) is 0 Å². The Labute approximate surface area is 92.6 Å². The van der Waals surface area contributed by atoms with E-state index in [1.54, 1.807) is 0 Å². The number of β-amino-alcohol motifs (C(OH)–C–C–N with tert-alkyl or cyclic N) is 1. The minimum atomic E-state index is -0.393. The van der Waals surface area contributed by atoms with Crippen LogP contribution in [0, 0.1) is 0 Å². The van der Waals surface area contributed by atoms with Crippen molar-refractivity contribution in [2.75, 3.05) is 13.1 Å². The van der Waals surface area contributed by atoms with E-state index in [0.717, 1.165) is 38.8 Å². The highest BCUT2D eigenvalue weighted by Gasteiger charge is 2.35. The highest BCUT2D eigenvalue weighted by molar-refractivity contribution is 4.91. The Bertz CT molecular complexity index is 214. The predicted octanol–water partition coefficient (Wildman–Crippen LogP) is 1.10. The van der Waals surface area contributed by atoms with Crippen LogP contribution >= 0.6 is 0 Å². The largest absolute Gasteiger partial charge is 0.389 e. The molecule has 2 fully saturated rings. The highest BCUT2D eigenvalue weighted by Crippen LogP contribution is 2.31. The summed E-state index contributed by atoms with van der Waals surface area (Å²) in [6.45, 7) is 4.16. The topological polar surface area (TPSA) is 49.5 Å². The number of hydrogen-bond acceptors (Lipinski definition) is 3. The number of aliphatic hydroxyl groups is 1. The van der Waals surface area contributed by atoms with Gasteiger partial charge in [0.05, 0.1) is 5.60 Å². The van der Waals surface area contributed by atoms with Crippen LogP contribution in [0.5, 0.6) is 0 Å². The van der Waals surface area contributed by atoms with E-state index in [9.17, 15) is 5.11 Å². The van der Waals surface area contributed by atoms with Gasteiger partial charge in [0.2, 0.25) is 0 Å². The summed E-state index contributed by atoms with van der Waals surface area (Å²) in [4.78, 5) is 2.43. The normalized spacial score (nSPS) is 37.0. The van der Waals surface area contributed by atoms with Crippen LogP contribution < -0.4 is 5.73 Å². The molecule has 0 aromatic rings. The van der Waals surface area contributed by atoms with Crippen molar-refractivity contribution in [2.24, 2.45) is 5.73 Å². The van der Waals surface area contributed by atoms with Gasteiger partial charge in [-0.2, -0.15) is 0 Å². The lowest BCUT2D eigenvalue weighted by molar-refractivity contribution is -0.0111. The summed E-state index contributed by atoms with van der Waals surface area (Å²) >= 11 is 0. The van der Waals surface area contributed by atoms with Crippen molar-refractivity contribution in [3.63, 3.8) is 0 Å². The van der Waals surface area contributed by atoms with E-state index in [0.29, 0.717) is 12.1 Å². The van der Waals surface area contributed by atoms with Gasteiger partial charge in [0.15, 0.2) is 0 Å². The minimum absolute atomic E-state index is 0.370. The number of piperidine rings is 1. The standard InChI is InChI=1S/C12H24N2O/c1-10-8-11(13)4-7-14(10)9-12(15)5-2-3-6-12/h10-11,15H,2-9,13H2,1H3. The fourth-order valence-corrected chi connectivity index (χ4v) is 3.06. The van der Waals surface area contributed by atoms with E-state index >= 15 is 0 Å². The van der Waals surface area contributed by atoms with Crippen molar-refractivity contribution in [1.29, 1.82) is 0 Å². The van der Waals surface area contributed by atoms with Gasteiger partial charge in [-0.25, -0.2) is 0 Å². The molecule has 0 amide bonds. The number of hydrogen-bond donors (Lipinski definition) is 2. The second-order valence-corrected chi connectivity index (χ2v) is 5.54. The van der Waals surface area contributed by atoms with Crippen molar-refractivity contribution in [3.8, 4) is 0 Å². The number of nitrogens with zero attached hydrogens (tertiary/aromatic N) is 1. The maximum absolute atomic E-state index is 10.4. The molecular formula is C12H24N2O. The molecule has 0 aromatic heterocycles. The van der Waals surface area contributed by atoms with Gasteiger partial charge >= 0.3 is 0 Å². The summed E-state index contributed by atoms with van der Waals surface area (Å²) in [7, 11) is 0. The smallest absolute Gasteiger partial charge is 0.0774 e. The maximum Gasteiger partial charge on any atom is 0.0774 e. The number of nitrogens with two attached hydrogens (primary N) is 1. The second kappa shape index (κ2) is 4.40. The summed E-state index contributed by atoms with van der Waals surface area (Å²) < 4.78 is 0. The molecule has 3 nitrogen and oxygen atoms in total. The molecule has 3 N–H and O–H groups in total. The van der Waals surface area contributed by atoms with Crippen molar-refractivity contribution in [1.82, 2.24) is 4.90 Å². The van der Waals surface area contributed by atoms with E-state index in [1.165, 1.54) is 12.8 Å². The molecule has 1 saturated carbocycles. The molecule has 15 heavy (non-hydrogen) atoms. The molecular weight excluding hydrogens is 188 g/mol. The van der Waals surface area contributed by atoms with Gasteiger partial charge in [-0.15, -0.1) is 0 Å². The third kappa shape index (κ3) is 2.71. The minimum Gasteiger partial charge on any atom is -0.389 e. The van der Waals surface area contributed by atoms with Crippen molar-refractivity contribution in [3.05, 3.63) is 0 Å². The Kier molecular flexibility index (Phi) is 3.33. The van der Waals surface area contributed by atoms with Crippen LogP contribution in [0.15, 0.2) is 0 Å². The zero-order valence-electron chi connectivity index (χ0n) is 9.78. The fourth-order valence-electron chi connectivity index (χ4n) is 3.06. The average Bonchev–Trinajstić information content (AvgIpc) is 2.58.